The fourth-order valence-electron chi connectivity index (χ4n) is 3.16. The number of halogens is 2. The van der Waals surface area contributed by atoms with Crippen molar-refractivity contribution >= 4 is 23.3 Å². The van der Waals surface area contributed by atoms with Gasteiger partial charge in [-0.15, -0.1) is 0 Å². The molecule has 4 nitrogen and oxygen atoms in total. The summed E-state index contributed by atoms with van der Waals surface area (Å²) in [7, 11) is 0. The molecule has 0 saturated carbocycles. The average Bonchev–Trinajstić information content (AvgIpc) is 2.65. The van der Waals surface area contributed by atoms with Crippen molar-refractivity contribution in [2.24, 2.45) is 5.92 Å². The Morgan fingerprint density at radius 1 is 1.12 bits per heavy atom. The highest BCUT2D eigenvalue weighted by Gasteiger charge is 2.20. The molecule has 2 N–H and O–H groups in total. The number of urea groups is 1. The van der Waals surface area contributed by atoms with Crippen LogP contribution >= 0.6 is 11.6 Å². The summed E-state index contributed by atoms with van der Waals surface area (Å²) >= 11 is 5.92. The zero-order valence-electron chi connectivity index (χ0n) is 14.6. The van der Waals surface area contributed by atoms with Gasteiger partial charge < -0.3 is 10.6 Å². The SMILES string of the molecule is O=C(NCC1CCN(Cc2ccc(Cl)cc2)CC1)Nc1ccccc1F. The monoisotopic (exact) mass is 375 g/mol. The summed E-state index contributed by atoms with van der Waals surface area (Å²) in [5, 5.41) is 6.16. The molecule has 1 aliphatic heterocycles. The third kappa shape index (κ3) is 5.44. The molecular weight excluding hydrogens is 353 g/mol. The first-order valence-corrected chi connectivity index (χ1v) is 9.24. The van der Waals surface area contributed by atoms with E-state index in [1.807, 2.05) is 12.1 Å². The molecule has 0 atom stereocenters. The molecule has 138 valence electrons. The molecule has 1 fully saturated rings. The molecule has 1 aliphatic rings. The van der Waals surface area contributed by atoms with E-state index in [2.05, 4.69) is 27.7 Å². The molecule has 0 aromatic heterocycles. The molecule has 0 unspecified atom stereocenters. The van der Waals surface area contributed by atoms with E-state index in [-0.39, 0.29) is 11.7 Å². The predicted molar refractivity (Wildman–Crippen MR) is 103 cm³/mol. The van der Waals surface area contributed by atoms with Crippen LogP contribution in [0.25, 0.3) is 0 Å². The van der Waals surface area contributed by atoms with Crippen molar-refractivity contribution in [3.8, 4) is 0 Å². The zero-order chi connectivity index (χ0) is 18.4. The highest BCUT2D eigenvalue weighted by atomic mass is 35.5. The second kappa shape index (κ2) is 9.01. The van der Waals surface area contributed by atoms with E-state index >= 15 is 0 Å². The van der Waals surface area contributed by atoms with Crippen molar-refractivity contribution < 1.29 is 9.18 Å². The largest absolute Gasteiger partial charge is 0.338 e. The standard InChI is InChI=1S/C20H23ClFN3O/c21-17-7-5-16(6-8-17)14-25-11-9-15(10-12-25)13-23-20(26)24-19-4-2-1-3-18(19)22/h1-8,15H,9-14H2,(H2,23,24,26). The Hall–Kier alpha value is -2.11. The van der Waals surface area contributed by atoms with Crippen molar-refractivity contribution in [3.63, 3.8) is 0 Å². The minimum atomic E-state index is -0.432. The normalized spacial score (nSPS) is 15.6. The second-order valence-corrected chi connectivity index (χ2v) is 7.10. The van der Waals surface area contributed by atoms with E-state index < -0.39 is 5.82 Å². The number of piperidine rings is 1. The molecule has 0 bridgehead atoms. The van der Waals surface area contributed by atoms with Gasteiger partial charge in [0.1, 0.15) is 5.82 Å². The highest BCUT2D eigenvalue weighted by molar-refractivity contribution is 6.30. The van der Waals surface area contributed by atoms with E-state index in [4.69, 9.17) is 11.6 Å². The number of anilines is 1. The van der Waals surface area contributed by atoms with Crippen LogP contribution in [0.2, 0.25) is 5.02 Å². The van der Waals surface area contributed by atoms with Crippen LogP contribution in [0.3, 0.4) is 0 Å². The van der Waals surface area contributed by atoms with Gasteiger partial charge in [0.05, 0.1) is 5.69 Å². The van der Waals surface area contributed by atoms with Gasteiger partial charge in [0.25, 0.3) is 0 Å². The molecule has 1 heterocycles. The van der Waals surface area contributed by atoms with Crippen molar-refractivity contribution in [3.05, 3.63) is 64.9 Å². The van der Waals surface area contributed by atoms with Crippen molar-refractivity contribution in [1.29, 1.82) is 0 Å². The van der Waals surface area contributed by atoms with Crippen LogP contribution in [0.15, 0.2) is 48.5 Å². The first-order chi connectivity index (χ1) is 12.6. The topological polar surface area (TPSA) is 44.4 Å². The number of hydrogen-bond donors (Lipinski definition) is 2. The summed E-state index contributed by atoms with van der Waals surface area (Å²) < 4.78 is 13.5. The summed E-state index contributed by atoms with van der Waals surface area (Å²) in [6, 6.07) is 13.7. The number of hydrogen-bond acceptors (Lipinski definition) is 2. The Kier molecular flexibility index (Phi) is 6.47. The fourth-order valence-corrected chi connectivity index (χ4v) is 3.29. The second-order valence-electron chi connectivity index (χ2n) is 6.66. The summed E-state index contributed by atoms with van der Waals surface area (Å²) in [6.45, 7) is 3.54. The third-order valence-electron chi connectivity index (χ3n) is 4.70. The lowest BCUT2D eigenvalue weighted by Crippen LogP contribution is -2.39. The van der Waals surface area contributed by atoms with Gasteiger partial charge in [0.15, 0.2) is 0 Å². The van der Waals surface area contributed by atoms with Crippen molar-refractivity contribution in [2.75, 3.05) is 25.0 Å². The third-order valence-corrected chi connectivity index (χ3v) is 4.95. The molecule has 26 heavy (non-hydrogen) atoms. The van der Waals surface area contributed by atoms with Gasteiger partial charge in [-0.25, -0.2) is 9.18 Å². The van der Waals surface area contributed by atoms with E-state index in [1.54, 1.807) is 18.2 Å². The van der Waals surface area contributed by atoms with Crippen molar-refractivity contribution in [2.45, 2.75) is 19.4 Å². The maximum absolute atomic E-state index is 13.5. The number of carbonyl (C=O) groups is 1. The Labute approximate surface area is 158 Å². The predicted octanol–water partition coefficient (Wildman–Crippen LogP) is 4.51. The summed E-state index contributed by atoms with van der Waals surface area (Å²) in [5.41, 5.74) is 1.46. The van der Waals surface area contributed by atoms with Crippen LogP contribution in [0.5, 0.6) is 0 Å². The lowest BCUT2D eigenvalue weighted by molar-refractivity contribution is 0.175. The van der Waals surface area contributed by atoms with Crippen LogP contribution in [0, 0.1) is 11.7 Å². The molecule has 1 saturated heterocycles. The van der Waals surface area contributed by atoms with Crippen LogP contribution in [0.1, 0.15) is 18.4 Å². The molecule has 2 aromatic carbocycles. The quantitative estimate of drug-likeness (QED) is 0.807. The van der Waals surface area contributed by atoms with Gasteiger partial charge in [-0.05, 0) is 61.7 Å². The molecule has 6 heteroatoms. The Bertz CT molecular complexity index is 730. The molecule has 2 aromatic rings. The molecular formula is C20H23ClFN3O. The number of nitrogens with one attached hydrogen (secondary N) is 2. The number of para-hydroxylation sites is 1. The summed E-state index contributed by atoms with van der Waals surface area (Å²) in [4.78, 5) is 14.3. The molecule has 0 spiro atoms. The van der Waals surface area contributed by atoms with E-state index in [0.717, 1.165) is 37.5 Å². The van der Waals surface area contributed by atoms with Gasteiger partial charge in [0, 0.05) is 18.1 Å². The molecule has 2 amide bonds. The maximum atomic E-state index is 13.5. The van der Waals surface area contributed by atoms with Gasteiger partial charge >= 0.3 is 6.03 Å². The van der Waals surface area contributed by atoms with E-state index in [9.17, 15) is 9.18 Å². The minimum Gasteiger partial charge on any atom is -0.338 e. The first-order valence-electron chi connectivity index (χ1n) is 8.86. The summed E-state index contributed by atoms with van der Waals surface area (Å²) in [5.74, 6) is 0.0148. The minimum absolute atomic E-state index is 0.197. The van der Waals surface area contributed by atoms with Gasteiger partial charge in [0.2, 0.25) is 0 Å². The van der Waals surface area contributed by atoms with Crippen LogP contribution < -0.4 is 10.6 Å². The maximum Gasteiger partial charge on any atom is 0.319 e. The average molecular weight is 376 g/mol. The number of likely N-dealkylation sites (tertiary alicyclic amines) is 1. The van der Waals surface area contributed by atoms with Crippen LogP contribution in [-0.2, 0) is 6.54 Å². The number of amides is 2. The van der Waals surface area contributed by atoms with E-state index in [0.29, 0.717) is 12.5 Å². The number of benzene rings is 2. The summed E-state index contributed by atoms with van der Waals surface area (Å²) in [6.07, 6.45) is 2.07. The van der Waals surface area contributed by atoms with Gasteiger partial charge in [-0.1, -0.05) is 35.9 Å². The van der Waals surface area contributed by atoms with Crippen molar-refractivity contribution in [1.82, 2.24) is 10.2 Å². The van der Waals surface area contributed by atoms with Crippen LogP contribution in [-0.4, -0.2) is 30.6 Å². The zero-order valence-corrected chi connectivity index (χ0v) is 15.3. The van der Waals surface area contributed by atoms with Gasteiger partial charge in [-0.3, -0.25) is 4.90 Å². The van der Waals surface area contributed by atoms with E-state index in [1.165, 1.54) is 11.6 Å². The molecule has 3 rings (SSSR count). The number of rotatable bonds is 5. The number of carbonyl (C=O) groups excluding carboxylic acids is 1. The van der Waals surface area contributed by atoms with Gasteiger partial charge in [-0.2, -0.15) is 0 Å². The number of nitrogens with zero attached hydrogens (tertiary/aromatic N) is 1. The lowest BCUT2D eigenvalue weighted by Gasteiger charge is -2.32. The van der Waals surface area contributed by atoms with Crippen LogP contribution in [0.4, 0.5) is 14.9 Å². The lowest BCUT2D eigenvalue weighted by atomic mass is 9.96. The highest BCUT2D eigenvalue weighted by Crippen LogP contribution is 2.19. The molecule has 0 radical (unpaired) electrons. The Balaban J connectivity index is 1.38. The fraction of sp³-hybridized carbons (Fsp3) is 0.350. The Morgan fingerprint density at radius 2 is 1.81 bits per heavy atom. The Morgan fingerprint density at radius 3 is 2.50 bits per heavy atom. The molecule has 0 aliphatic carbocycles. The smallest absolute Gasteiger partial charge is 0.319 e. The first kappa shape index (κ1) is 18.7.